The number of rotatable bonds is 2. The van der Waals surface area contributed by atoms with E-state index in [1.165, 1.54) is 6.07 Å². The maximum atomic E-state index is 10.9. The van der Waals surface area contributed by atoms with Crippen molar-refractivity contribution in [2.45, 2.75) is 0 Å². The maximum Gasteiger partial charge on any atom is 0.249 e. The summed E-state index contributed by atoms with van der Waals surface area (Å²) in [5.41, 5.74) is 0.123. The van der Waals surface area contributed by atoms with Gasteiger partial charge >= 0.3 is 0 Å². The van der Waals surface area contributed by atoms with Crippen molar-refractivity contribution in [2.75, 3.05) is 5.32 Å². The first-order chi connectivity index (χ1) is 6.27. The van der Waals surface area contributed by atoms with Crippen molar-refractivity contribution >= 4 is 11.4 Å². The number of para-hydroxylation sites is 1. The minimum absolute atomic E-state index is 0.340. The highest BCUT2D eigenvalue weighted by Gasteiger charge is 2.08. The summed E-state index contributed by atoms with van der Waals surface area (Å²) in [5.74, 6) is 0. The van der Waals surface area contributed by atoms with E-state index in [-0.39, 0.29) is 0 Å². The fourth-order valence-electron chi connectivity index (χ4n) is 1.03. The van der Waals surface area contributed by atoms with E-state index in [1.54, 1.807) is 12.1 Å². The Bertz CT molecular complexity index is 481. The average Bonchev–Trinajstić information content (AvgIpc) is 2.19. The molecule has 0 atom stereocenters. The quantitative estimate of drug-likeness (QED) is 0.682. The Morgan fingerprint density at radius 3 is 2.62 bits per heavy atom. The van der Waals surface area contributed by atoms with E-state index < -0.39 is 10.9 Å². The normalized spacial score (nSPS) is 10.2. The molecule has 0 heterocycles. The van der Waals surface area contributed by atoms with Gasteiger partial charge in [0.1, 0.15) is 0 Å². The van der Waals surface area contributed by atoms with Crippen molar-refractivity contribution in [1.29, 1.82) is 0 Å². The average molecular weight is 172 g/mol. The molecule has 0 aliphatic rings. The fourth-order valence-corrected chi connectivity index (χ4v) is 1.03. The Balaban J connectivity index is 2.23. The molecule has 3 heteroatoms. The molecule has 0 aliphatic heterocycles. The summed E-state index contributed by atoms with van der Waals surface area (Å²) in [6.07, 6.45) is 0. The molecule has 0 spiro atoms. The van der Waals surface area contributed by atoms with Gasteiger partial charge in [-0.1, -0.05) is 18.2 Å². The zero-order chi connectivity index (χ0) is 9.26. The highest BCUT2D eigenvalue weighted by Crippen LogP contribution is 2.10. The van der Waals surface area contributed by atoms with Crippen LogP contribution < -0.4 is 16.2 Å². The van der Waals surface area contributed by atoms with Crippen molar-refractivity contribution in [3.05, 3.63) is 56.8 Å². The van der Waals surface area contributed by atoms with Crippen LogP contribution in [-0.4, -0.2) is 0 Å². The first kappa shape index (κ1) is 7.73. The first-order valence-electron chi connectivity index (χ1n) is 3.81. The molecule has 2 aromatic rings. The molecule has 2 rings (SSSR count). The highest BCUT2D eigenvalue weighted by molar-refractivity contribution is 5.60. The molecule has 1 radical (unpaired) electrons. The monoisotopic (exact) mass is 172 g/mol. The van der Waals surface area contributed by atoms with Gasteiger partial charge in [0.2, 0.25) is 10.9 Å². The van der Waals surface area contributed by atoms with E-state index >= 15 is 0 Å². The smallest absolute Gasteiger partial charge is 0.249 e. The predicted octanol–water partition coefficient (Wildman–Crippen LogP) is 0.826. The van der Waals surface area contributed by atoms with Crippen LogP contribution in [0.1, 0.15) is 0 Å². The van der Waals surface area contributed by atoms with Crippen LogP contribution >= 0.6 is 0 Å². The zero-order valence-corrected chi connectivity index (χ0v) is 6.70. The van der Waals surface area contributed by atoms with E-state index in [2.05, 4.69) is 11.4 Å². The van der Waals surface area contributed by atoms with Crippen LogP contribution in [0.3, 0.4) is 0 Å². The summed E-state index contributed by atoms with van der Waals surface area (Å²) in [7, 11) is 0. The van der Waals surface area contributed by atoms with Crippen LogP contribution in [0.15, 0.2) is 39.9 Å². The van der Waals surface area contributed by atoms with Gasteiger partial charge in [-0.05, 0) is 6.07 Å². The Morgan fingerprint density at radius 2 is 2.08 bits per heavy atom. The molecular weight excluding hydrogens is 166 g/mol. The van der Waals surface area contributed by atoms with Crippen molar-refractivity contribution in [3.63, 3.8) is 0 Å². The number of nitrogens with one attached hydrogen (secondary N) is 1. The zero-order valence-electron chi connectivity index (χ0n) is 6.70. The van der Waals surface area contributed by atoms with E-state index in [9.17, 15) is 9.59 Å². The van der Waals surface area contributed by atoms with Crippen molar-refractivity contribution in [2.24, 2.45) is 0 Å². The lowest BCUT2D eigenvalue weighted by molar-refractivity contribution is 1.38. The summed E-state index contributed by atoms with van der Waals surface area (Å²) >= 11 is 0. The summed E-state index contributed by atoms with van der Waals surface area (Å²) in [5, 5.41) is 2.79. The molecule has 0 saturated carbocycles. The standard InChI is InChI=1S/C10H6NO2/c12-9-6-8(10(9)13)11-7-4-2-1-3-5-7/h1-4,6,11H. The third-order valence-corrected chi connectivity index (χ3v) is 1.72. The minimum atomic E-state index is -0.461. The van der Waals surface area contributed by atoms with Crippen LogP contribution in [0.4, 0.5) is 11.4 Å². The molecule has 13 heavy (non-hydrogen) atoms. The van der Waals surface area contributed by atoms with Gasteiger partial charge < -0.3 is 5.32 Å². The SMILES string of the molecule is O=c1cc(Nc2[c]cccc2)c1=O. The Labute approximate surface area is 74.3 Å². The highest BCUT2D eigenvalue weighted by atomic mass is 16.2. The molecule has 0 saturated heterocycles. The van der Waals surface area contributed by atoms with Gasteiger partial charge in [-0.2, -0.15) is 0 Å². The van der Waals surface area contributed by atoms with Crippen LogP contribution in [-0.2, 0) is 0 Å². The van der Waals surface area contributed by atoms with Crippen molar-refractivity contribution in [1.82, 2.24) is 0 Å². The summed E-state index contributed by atoms with van der Waals surface area (Å²) in [4.78, 5) is 21.4. The van der Waals surface area contributed by atoms with Gasteiger partial charge in [0, 0.05) is 17.8 Å². The molecule has 3 nitrogen and oxygen atoms in total. The lowest BCUT2D eigenvalue weighted by atomic mass is 10.2. The van der Waals surface area contributed by atoms with Gasteiger partial charge in [-0.3, -0.25) is 9.59 Å². The lowest BCUT2D eigenvalue weighted by Crippen LogP contribution is -2.31. The third-order valence-electron chi connectivity index (χ3n) is 1.72. The molecule has 1 N–H and O–H groups in total. The van der Waals surface area contributed by atoms with Gasteiger partial charge in [0.05, 0.1) is 5.69 Å². The summed E-state index contributed by atoms with van der Waals surface area (Å²) < 4.78 is 0. The van der Waals surface area contributed by atoms with Gasteiger partial charge in [0.15, 0.2) is 0 Å². The van der Waals surface area contributed by atoms with Gasteiger partial charge in [-0.25, -0.2) is 0 Å². The molecule has 0 fully saturated rings. The van der Waals surface area contributed by atoms with Crippen molar-refractivity contribution in [3.8, 4) is 0 Å². The lowest BCUT2D eigenvalue weighted by Gasteiger charge is -2.04. The number of hydrogen-bond acceptors (Lipinski definition) is 3. The minimum Gasteiger partial charge on any atom is -0.352 e. The van der Waals surface area contributed by atoms with E-state index in [0.717, 1.165) is 0 Å². The van der Waals surface area contributed by atoms with Crippen molar-refractivity contribution < 1.29 is 0 Å². The number of hydrogen-bond donors (Lipinski definition) is 1. The molecule has 0 bridgehead atoms. The molecule has 2 aromatic carbocycles. The molecular formula is C10H6NO2. The van der Waals surface area contributed by atoms with Crippen LogP contribution in [0.2, 0.25) is 0 Å². The molecule has 0 aromatic heterocycles. The third kappa shape index (κ3) is 1.36. The largest absolute Gasteiger partial charge is 0.352 e. The predicted molar refractivity (Wildman–Crippen MR) is 49.9 cm³/mol. The van der Waals surface area contributed by atoms with Crippen LogP contribution in [0.5, 0.6) is 0 Å². The van der Waals surface area contributed by atoms with Gasteiger partial charge in [-0.15, -0.1) is 0 Å². The Kier molecular flexibility index (Phi) is 1.70. The molecule has 0 amide bonds. The second kappa shape index (κ2) is 2.86. The molecule has 63 valence electrons. The maximum absolute atomic E-state index is 10.9. The number of benzene rings is 1. The second-order valence-corrected chi connectivity index (χ2v) is 2.65. The van der Waals surface area contributed by atoms with E-state index in [1.807, 2.05) is 12.1 Å². The Hall–Kier alpha value is -1.90. The Morgan fingerprint density at radius 1 is 1.23 bits per heavy atom. The first-order valence-corrected chi connectivity index (χ1v) is 3.81. The molecule has 0 aliphatic carbocycles. The summed E-state index contributed by atoms with van der Waals surface area (Å²) in [6.45, 7) is 0. The van der Waals surface area contributed by atoms with E-state index in [0.29, 0.717) is 11.4 Å². The van der Waals surface area contributed by atoms with Crippen LogP contribution in [0.25, 0.3) is 0 Å². The number of anilines is 2. The summed E-state index contributed by atoms with van der Waals surface area (Å²) in [6, 6.07) is 11.3. The van der Waals surface area contributed by atoms with Crippen LogP contribution in [0, 0.1) is 6.07 Å². The second-order valence-electron chi connectivity index (χ2n) is 2.65. The topological polar surface area (TPSA) is 46.2 Å². The molecule has 0 unspecified atom stereocenters. The fraction of sp³-hybridized carbons (Fsp3) is 0. The van der Waals surface area contributed by atoms with Gasteiger partial charge in [0.25, 0.3) is 0 Å². The van der Waals surface area contributed by atoms with E-state index in [4.69, 9.17) is 0 Å².